The molecule has 1 heterocycles. The number of fused-ring (bicyclic) bond motifs is 1. The zero-order valence-corrected chi connectivity index (χ0v) is 12.2. The van der Waals surface area contributed by atoms with E-state index in [1.807, 2.05) is 24.3 Å². The molecule has 2 aromatic carbocycles. The number of nitrogens with zero attached hydrogens (tertiary/aromatic N) is 1. The molecule has 3 nitrogen and oxygen atoms in total. The average Bonchev–Trinajstić information content (AvgIpc) is 2.49. The summed E-state index contributed by atoms with van der Waals surface area (Å²) in [5.41, 5.74) is 2.18. The number of pyridine rings is 1. The van der Waals surface area contributed by atoms with Crippen LogP contribution in [0.2, 0.25) is 10.0 Å². The third kappa shape index (κ3) is 2.58. The maximum absolute atomic E-state index is 11.2. The van der Waals surface area contributed by atoms with Gasteiger partial charge in [-0.05, 0) is 35.4 Å². The van der Waals surface area contributed by atoms with Crippen molar-refractivity contribution in [1.29, 1.82) is 0 Å². The van der Waals surface area contributed by atoms with Crippen LogP contribution in [0.3, 0.4) is 0 Å². The van der Waals surface area contributed by atoms with Crippen LogP contribution < -0.4 is 0 Å². The molecule has 104 valence electrons. The molecule has 1 aromatic heterocycles. The molecule has 0 bridgehead atoms. The molecular weight excluding hydrogens is 309 g/mol. The Balaban J connectivity index is 2.33. The van der Waals surface area contributed by atoms with Crippen molar-refractivity contribution in [2.24, 2.45) is 0 Å². The lowest BCUT2D eigenvalue weighted by Gasteiger charge is -2.09. The second-order valence-electron chi connectivity index (χ2n) is 4.51. The zero-order chi connectivity index (χ0) is 15.0. The minimum atomic E-state index is -1.07. The number of para-hydroxylation sites is 1. The summed E-state index contributed by atoms with van der Waals surface area (Å²) in [4.78, 5) is 15.4. The SMILES string of the molecule is O=C(O)c1cc(-c2ccc(Cl)c(Cl)c2)c2ccccc2n1. The molecule has 0 atom stereocenters. The molecule has 3 rings (SSSR count). The Morgan fingerprint density at radius 2 is 1.76 bits per heavy atom. The fourth-order valence-electron chi connectivity index (χ4n) is 2.19. The highest BCUT2D eigenvalue weighted by Crippen LogP contribution is 2.32. The standard InChI is InChI=1S/C16H9Cl2NO2/c17-12-6-5-9(7-13(12)18)11-8-15(16(20)21)19-14-4-2-1-3-10(11)14/h1-8H,(H,20,21). The molecule has 0 saturated carbocycles. The van der Waals surface area contributed by atoms with E-state index in [0.29, 0.717) is 15.6 Å². The fourth-order valence-corrected chi connectivity index (χ4v) is 2.49. The van der Waals surface area contributed by atoms with Gasteiger partial charge in [-0.3, -0.25) is 0 Å². The van der Waals surface area contributed by atoms with E-state index < -0.39 is 5.97 Å². The highest BCUT2D eigenvalue weighted by atomic mass is 35.5. The minimum absolute atomic E-state index is 0.00484. The second kappa shape index (κ2) is 5.35. The van der Waals surface area contributed by atoms with Gasteiger partial charge in [0.25, 0.3) is 0 Å². The van der Waals surface area contributed by atoms with Crippen molar-refractivity contribution < 1.29 is 9.90 Å². The van der Waals surface area contributed by atoms with Crippen molar-refractivity contribution in [3.8, 4) is 11.1 Å². The number of rotatable bonds is 2. The van der Waals surface area contributed by atoms with Gasteiger partial charge in [0.1, 0.15) is 5.69 Å². The largest absolute Gasteiger partial charge is 0.477 e. The van der Waals surface area contributed by atoms with Crippen molar-refractivity contribution in [3.63, 3.8) is 0 Å². The van der Waals surface area contributed by atoms with E-state index in [2.05, 4.69) is 4.98 Å². The molecule has 0 radical (unpaired) electrons. The summed E-state index contributed by atoms with van der Waals surface area (Å²) in [6.07, 6.45) is 0. The Morgan fingerprint density at radius 1 is 1.00 bits per heavy atom. The smallest absolute Gasteiger partial charge is 0.354 e. The Labute approximate surface area is 130 Å². The molecule has 0 saturated heterocycles. The van der Waals surface area contributed by atoms with Crippen LogP contribution in [0.5, 0.6) is 0 Å². The van der Waals surface area contributed by atoms with Crippen LogP contribution in [0.1, 0.15) is 10.5 Å². The molecule has 0 aliphatic heterocycles. The van der Waals surface area contributed by atoms with Gasteiger partial charge in [0.05, 0.1) is 15.6 Å². The number of aromatic carboxylic acids is 1. The summed E-state index contributed by atoms with van der Waals surface area (Å²) >= 11 is 12.0. The highest BCUT2D eigenvalue weighted by Gasteiger charge is 2.12. The second-order valence-corrected chi connectivity index (χ2v) is 5.32. The Morgan fingerprint density at radius 3 is 2.48 bits per heavy atom. The summed E-state index contributed by atoms with van der Waals surface area (Å²) in [7, 11) is 0. The van der Waals surface area contributed by atoms with Gasteiger partial charge in [0.15, 0.2) is 0 Å². The number of carbonyl (C=O) groups is 1. The summed E-state index contributed by atoms with van der Waals surface area (Å²) in [6, 6.07) is 14.1. The van der Waals surface area contributed by atoms with Crippen LogP contribution in [0.4, 0.5) is 0 Å². The van der Waals surface area contributed by atoms with E-state index >= 15 is 0 Å². The third-order valence-electron chi connectivity index (χ3n) is 3.17. The van der Waals surface area contributed by atoms with Gasteiger partial charge in [0, 0.05) is 5.39 Å². The number of carboxylic acids is 1. The van der Waals surface area contributed by atoms with Crippen LogP contribution >= 0.6 is 23.2 Å². The number of benzene rings is 2. The van der Waals surface area contributed by atoms with E-state index in [0.717, 1.165) is 16.5 Å². The van der Waals surface area contributed by atoms with Crippen LogP contribution in [-0.2, 0) is 0 Å². The maximum Gasteiger partial charge on any atom is 0.354 e. The number of carboxylic acid groups (broad SMARTS) is 1. The van der Waals surface area contributed by atoms with Gasteiger partial charge < -0.3 is 5.11 Å². The summed E-state index contributed by atoms with van der Waals surface area (Å²) in [5, 5.41) is 10.9. The lowest BCUT2D eigenvalue weighted by molar-refractivity contribution is 0.0691. The third-order valence-corrected chi connectivity index (χ3v) is 3.90. The first-order valence-electron chi connectivity index (χ1n) is 6.15. The Bertz CT molecular complexity index is 862. The van der Waals surface area contributed by atoms with Gasteiger partial charge in [-0.2, -0.15) is 0 Å². The molecule has 0 amide bonds. The van der Waals surface area contributed by atoms with Crippen LogP contribution in [0, 0.1) is 0 Å². The summed E-state index contributed by atoms with van der Waals surface area (Å²) in [5.74, 6) is -1.07. The van der Waals surface area contributed by atoms with Gasteiger partial charge in [-0.1, -0.05) is 47.5 Å². The first-order valence-corrected chi connectivity index (χ1v) is 6.90. The summed E-state index contributed by atoms with van der Waals surface area (Å²) < 4.78 is 0. The fraction of sp³-hybridized carbons (Fsp3) is 0. The zero-order valence-electron chi connectivity index (χ0n) is 10.7. The van der Waals surface area contributed by atoms with Crippen molar-refractivity contribution in [2.45, 2.75) is 0 Å². The maximum atomic E-state index is 11.2. The van der Waals surface area contributed by atoms with E-state index in [4.69, 9.17) is 23.2 Å². The van der Waals surface area contributed by atoms with Gasteiger partial charge in [-0.15, -0.1) is 0 Å². The van der Waals surface area contributed by atoms with Gasteiger partial charge >= 0.3 is 5.97 Å². The van der Waals surface area contributed by atoms with E-state index in [1.54, 1.807) is 24.3 Å². The van der Waals surface area contributed by atoms with Crippen molar-refractivity contribution in [2.75, 3.05) is 0 Å². The normalized spacial score (nSPS) is 10.8. The summed E-state index contributed by atoms with van der Waals surface area (Å²) in [6.45, 7) is 0. The Hall–Kier alpha value is -2.10. The first-order chi connectivity index (χ1) is 10.1. The highest BCUT2D eigenvalue weighted by molar-refractivity contribution is 6.42. The Kier molecular flexibility index (Phi) is 3.53. The molecule has 1 N–H and O–H groups in total. The molecule has 0 unspecified atom stereocenters. The van der Waals surface area contributed by atoms with Crippen molar-refractivity contribution >= 4 is 40.1 Å². The van der Waals surface area contributed by atoms with E-state index in [-0.39, 0.29) is 5.69 Å². The van der Waals surface area contributed by atoms with Gasteiger partial charge in [0.2, 0.25) is 0 Å². The van der Waals surface area contributed by atoms with Crippen LogP contribution in [0.15, 0.2) is 48.5 Å². The van der Waals surface area contributed by atoms with E-state index in [9.17, 15) is 9.90 Å². The van der Waals surface area contributed by atoms with E-state index in [1.165, 1.54) is 0 Å². The minimum Gasteiger partial charge on any atom is -0.477 e. The number of hydrogen-bond donors (Lipinski definition) is 1. The molecule has 0 spiro atoms. The van der Waals surface area contributed by atoms with Gasteiger partial charge in [-0.25, -0.2) is 9.78 Å². The number of hydrogen-bond acceptors (Lipinski definition) is 2. The molecule has 3 aromatic rings. The monoisotopic (exact) mass is 317 g/mol. The van der Waals surface area contributed by atoms with Crippen molar-refractivity contribution in [3.05, 3.63) is 64.3 Å². The molecular formula is C16H9Cl2NO2. The lowest BCUT2D eigenvalue weighted by Crippen LogP contribution is -2.01. The first kappa shape index (κ1) is 13.9. The quantitative estimate of drug-likeness (QED) is 0.730. The predicted octanol–water partition coefficient (Wildman–Crippen LogP) is 4.91. The predicted molar refractivity (Wildman–Crippen MR) is 84.2 cm³/mol. The molecule has 21 heavy (non-hydrogen) atoms. The topological polar surface area (TPSA) is 50.2 Å². The van der Waals surface area contributed by atoms with Crippen LogP contribution in [0.25, 0.3) is 22.0 Å². The molecule has 0 aliphatic carbocycles. The number of aromatic nitrogens is 1. The molecule has 0 fully saturated rings. The van der Waals surface area contributed by atoms with Crippen molar-refractivity contribution in [1.82, 2.24) is 4.98 Å². The van der Waals surface area contributed by atoms with Crippen LogP contribution in [-0.4, -0.2) is 16.1 Å². The average molecular weight is 318 g/mol. The lowest BCUT2D eigenvalue weighted by atomic mass is 10.00. The molecule has 0 aliphatic rings. The molecule has 5 heteroatoms. The number of halogens is 2.